The highest BCUT2D eigenvalue weighted by Crippen LogP contribution is 2.27. The zero-order valence-corrected chi connectivity index (χ0v) is 18.5. The fourth-order valence-corrected chi connectivity index (χ4v) is 3.80. The standard InChI is InChI=1S/C28H24N4O/c1-19-8-11-21(12-9-19)26-27(32-18-20(2)10-17-25(32)31-26)28(33)30-24-15-13-23(14-16-24)29-22-6-4-3-5-7-22/h3-18,29H,1-2H3,(H,30,33). The predicted molar refractivity (Wildman–Crippen MR) is 134 cm³/mol. The van der Waals surface area contributed by atoms with Crippen molar-refractivity contribution in [2.75, 3.05) is 10.6 Å². The van der Waals surface area contributed by atoms with Gasteiger partial charge >= 0.3 is 0 Å². The summed E-state index contributed by atoms with van der Waals surface area (Å²) in [5, 5.41) is 6.39. The van der Waals surface area contributed by atoms with E-state index in [0.717, 1.165) is 39.4 Å². The van der Waals surface area contributed by atoms with Crippen LogP contribution in [0.2, 0.25) is 0 Å². The highest BCUT2D eigenvalue weighted by atomic mass is 16.2. The van der Waals surface area contributed by atoms with Gasteiger partial charge in [-0.05, 0) is 61.9 Å². The Labute approximate surface area is 192 Å². The highest BCUT2D eigenvalue weighted by molar-refractivity contribution is 6.07. The molecule has 0 fully saturated rings. The Morgan fingerprint density at radius 1 is 0.727 bits per heavy atom. The molecule has 0 unspecified atom stereocenters. The van der Waals surface area contributed by atoms with E-state index in [1.165, 1.54) is 0 Å². The Morgan fingerprint density at radius 2 is 1.36 bits per heavy atom. The van der Waals surface area contributed by atoms with Crippen molar-refractivity contribution in [3.05, 3.63) is 114 Å². The average Bonchev–Trinajstić information content (AvgIpc) is 3.20. The van der Waals surface area contributed by atoms with Crippen molar-refractivity contribution in [2.45, 2.75) is 13.8 Å². The van der Waals surface area contributed by atoms with Crippen molar-refractivity contribution in [1.82, 2.24) is 9.38 Å². The van der Waals surface area contributed by atoms with Gasteiger partial charge in [0.2, 0.25) is 0 Å². The van der Waals surface area contributed by atoms with Gasteiger partial charge in [0.15, 0.2) is 0 Å². The van der Waals surface area contributed by atoms with Crippen molar-refractivity contribution in [1.29, 1.82) is 0 Å². The molecular weight excluding hydrogens is 408 g/mol. The molecule has 0 atom stereocenters. The molecule has 0 aliphatic rings. The maximum absolute atomic E-state index is 13.4. The van der Waals surface area contributed by atoms with E-state index < -0.39 is 0 Å². The van der Waals surface area contributed by atoms with Crippen molar-refractivity contribution < 1.29 is 4.79 Å². The minimum absolute atomic E-state index is 0.201. The van der Waals surface area contributed by atoms with Crippen LogP contribution in [0.1, 0.15) is 21.6 Å². The van der Waals surface area contributed by atoms with E-state index in [0.29, 0.717) is 11.4 Å². The van der Waals surface area contributed by atoms with Gasteiger partial charge in [0, 0.05) is 28.8 Å². The number of hydrogen-bond donors (Lipinski definition) is 2. The summed E-state index contributed by atoms with van der Waals surface area (Å²) in [5.41, 5.74) is 7.73. The molecule has 0 bridgehead atoms. The molecule has 162 valence electrons. The predicted octanol–water partition coefficient (Wildman–Crippen LogP) is 6.61. The van der Waals surface area contributed by atoms with Crippen LogP contribution in [0.4, 0.5) is 17.1 Å². The van der Waals surface area contributed by atoms with Gasteiger partial charge in [-0.25, -0.2) is 4.98 Å². The zero-order valence-electron chi connectivity index (χ0n) is 18.5. The summed E-state index contributed by atoms with van der Waals surface area (Å²) in [5.74, 6) is -0.201. The summed E-state index contributed by atoms with van der Waals surface area (Å²) in [6, 6.07) is 29.7. The normalized spacial score (nSPS) is 10.8. The second-order valence-corrected chi connectivity index (χ2v) is 8.13. The second-order valence-electron chi connectivity index (χ2n) is 8.13. The van der Waals surface area contributed by atoms with E-state index >= 15 is 0 Å². The number of carbonyl (C=O) groups is 1. The van der Waals surface area contributed by atoms with Crippen LogP contribution >= 0.6 is 0 Å². The van der Waals surface area contributed by atoms with E-state index in [-0.39, 0.29) is 5.91 Å². The fourth-order valence-electron chi connectivity index (χ4n) is 3.80. The van der Waals surface area contributed by atoms with Gasteiger partial charge in [-0.3, -0.25) is 9.20 Å². The lowest BCUT2D eigenvalue weighted by Crippen LogP contribution is -2.15. The molecule has 0 spiro atoms. The minimum Gasteiger partial charge on any atom is -0.356 e. The maximum atomic E-state index is 13.4. The smallest absolute Gasteiger partial charge is 0.274 e. The number of rotatable bonds is 5. The van der Waals surface area contributed by atoms with Crippen molar-refractivity contribution >= 4 is 28.6 Å². The lowest BCUT2D eigenvalue weighted by molar-refractivity contribution is 0.102. The summed E-state index contributed by atoms with van der Waals surface area (Å²) in [7, 11) is 0. The first-order valence-electron chi connectivity index (χ1n) is 10.9. The van der Waals surface area contributed by atoms with E-state index in [4.69, 9.17) is 4.98 Å². The average molecular weight is 433 g/mol. The van der Waals surface area contributed by atoms with Crippen LogP contribution in [-0.2, 0) is 0 Å². The van der Waals surface area contributed by atoms with Gasteiger partial charge in [0.25, 0.3) is 5.91 Å². The molecule has 33 heavy (non-hydrogen) atoms. The topological polar surface area (TPSA) is 58.4 Å². The number of aryl methyl sites for hydroxylation is 2. The molecule has 3 aromatic carbocycles. The Morgan fingerprint density at radius 3 is 2.09 bits per heavy atom. The number of aromatic nitrogens is 2. The molecule has 5 heteroatoms. The molecule has 0 aliphatic carbocycles. The van der Waals surface area contributed by atoms with E-state index in [2.05, 4.69) is 10.6 Å². The third kappa shape index (κ3) is 4.34. The van der Waals surface area contributed by atoms with Crippen LogP contribution in [0, 0.1) is 13.8 Å². The number of nitrogens with zero attached hydrogens (tertiary/aromatic N) is 2. The van der Waals surface area contributed by atoms with Crippen LogP contribution in [-0.4, -0.2) is 15.3 Å². The van der Waals surface area contributed by atoms with Gasteiger partial charge in [-0.1, -0.05) is 54.1 Å². The number of fused-ring (bicyclic) bond motifs is 1. The Balaban J connectivity index is 1.46. The van der Waals surface area contributed by atoms with Crippen LogP contribution in [0.25, 0.3) is 16.9 Å². The molecule has 5 nitrogen and oxygen atoms in total. The molecule has 5 aromatic rings. The third-order valence-corrected chi connectivity index (χ3v) is 5.51. The number of para-hydroxylation sites is 1. The van der Waals surface area contributed by atoms with Crippen molar-refractivity contribution in [3.8, 4) is 11.3 Å². The SMILES string of the molecule is Cc1ccc(-c2nc3ccc(C)cn3c2C(=O)Nc2ccc(Nc3ccccc3)cc2)cc1. The zero-order chi connectivity index (χ0) is 22.8. The maximum Gasteiger partial charge on any atom is 0.274 e. The van der Waals surface area contributed by atoms with Crippen LogP contribution in [0.15, 0.2) is 97.2 Å². The number of imidazole rings is 1. The molecule has 2 aromatic heterocycles. The Bertz CT molecular complexity index is 1420. The van der Waals surface area contributed by atoms with E-state index in [1.54, 1.807) is 0 Å². The second kappa shape index (κ2) is 8.63. The van der Waals surface area contributed by atoms with Crippen molar-refractivity contribution in [3.63, 3.8) is 0 Å². The molecule has 1 amide bonds. The van der Waals surface area contributed by atoms with Gasteiger partial charge < -0.3 is 10.6 Å². The molecule has 0 saturated heterocycles. The molecule has 0 radical (unpaired) electrons. The Hall–Kier alpha value is -4.38. The molecule has 2 heterocycles. The number of pyridine rings is 1. The minimum atomic E-state index is -0.201. The van der Waals surface area contributed by atoms with Gasteiger partial charge in [0.1, 0.15) is 17.0 Å². The third-order valence-electron chi connectivity index (χ3n) is 5.51. The number of nitrogens with one attached hydrogen (secondary N) is 2. The number of carbonyl (C=O) groups excluding carboxylic acids is 1. The van der Waals surface area contributed by atoms with Gasteiger partial charge in [-0.15, -0.1) is 0 Å². The van der Waals surface area contributed by atoms with Gasteiger partial charge in [0.05, 0.1) is 0 Å². The van der Waals surface area contributed by atoms with E-state index in [9.17, 15) is 4.79 Å². The highest BCUT2D eigenvalue weighted by Gasteiger charge is 2.21. The Kier molecular flexibility index (Phi) is 5.37. The summed E-state index contributed by atoms with van der Waals surface area (Å²) in [6.07, 6.45) is 1.95. The summed E-state index contributed by atoms with van der Waals surface area (Å²) in [4.78, 5) is 18.2. The summed E-state index contributed by atoms with van der Waals surface area (Å²) < 4.78 is 1.87. The van der Waals surface area contributed by atoms with Crippen molar-refractivity contribution in [2.24, 2.45) is 0 Å². The lowest BCUT2D eigenvalue weighted by atomic mass is 10.1. The number of hydrogen-bond acceptors (Lipinski definition) is 3. The molecule has 0 aliphatic heterocycles. The molecular formula is C28H24N4O. The number of anilines is 3. The largest absolute Gasteiger partial charge is 0.356 e. The first-order chi connectivity index (χ1) is 16.1. The first kappa shape index (κ1) is 20.5. The van der Waals surface area contributed by atoms with E-state index in [1.807, 2.05) is 115 Å². The molecule has 2 N–H and O–H groups in total. The molecule has 5 rings (SSSR count). The number of amides is 1. The number of benzene rings is 3. The monoisotopic (exact) mass is 432 g/mol. The molecule has 0 saturated carbocycles. The summed E-state index contributed by atoms with van der Waals surface area (Å²) >= 11 is 0. The van der Waals surface area contributed by atoms with Crippen LogP contribution < -0.4 is 10.6 Å². The van der Waals surface area contributed by atoms with Crippen LogP contribution in [0.5, 0.6) is 0 Å². The quantitative estimate of drug-likeness (QED) is 0.328. The van der Waals surface area contributed by atoms with Gasteiger partial charge in [-0.2, -0.15) is 0 Å². The lowest BCUT2D eigenvalue weighted by Gasteiger charge is -2.10. The summed E-state index contributed by atoms with van der Waals surface area (Å²) in [6.45, 7) is 4.05. The van der Waals surface area contributed by atoms with Crippen LogP contribution in [0.3, 0.4) is 0 Å². The fraction of sp³-hybridized carbons (Fsp3) is 0.0714. The first-order valence-corrected chi connectivity index (χ1v) is 10.9.